The second kappa shape index (κ2) is 3.72. The summed E-state index contributed by atoms with van der Waals surface area (Å²) < 4.78 is 4.99. The summed E-state index contributed by atoms with van der Waals surface area (Å²) in [5, 5.41) is 0. The predicted octanol–water partition coefficient (Wildman–Crippen LogP) is 0.923. The van der Waals surface area contributed by atoms with Crippen molar-refractivity contribution < 1.29 is 9.53 Å². The fourth-order valence-electron chi connectivity index (χ4n) is 0.457. The molecular formula is C8H17NO2. The first-order chi connectivity index (χ1) is 4.90. The first-order valence-corrected chi connectivity index (χ1v) is 3.81. The minimum Gasteiger partial charge on any atom is -0.463 e. The smallest absolute Gasteiger partial charge is 0.313 e. The maximum Gasteiger partial charge on any atom is 0.313 e. The number of ether oxygens (including phenoxy) is 1. The average molecular weight is 159 g/mol. The van der Waals surface area contributed by atoms with Crippen molar-refractivity contribution in [3.8, 4) is 0 Å². The van der Waals surface area contributed by atoms with Gasteiger partial charge >= 0.3 is 5.97 Å². The van der Waals surface area contributed by atoms with Gasteiger partial charge in [-0.3, -0.25) is 4.79 Å². The van der Waals surface area contributed by atoms with E-state index in [1.165, 1.54) is 0 Å². The van der Waals surface area contributed by atoms with E-state index in [1.54, 1.807) is 13.8 Å². The highest BCUT2D eigenvalue weighted by atomic mass is 16.5. The Labute approximate surface area is 67.9 Å². The highest BCUT2D eigenvalue weighted by Crippen LogP contribution is 2.15. The summed E-state index contributed by atoms with van der Waals surface area (Å²) in [6, 6.07) is 0. The van der Waals surface area contributed by atoms with Crippen molar-refractivity contribution in [2.24, 2.45) is 11.1 Å². The fourth-order valence-corrected chi connectivity index (χ4v) is 0.457. The molecule has 0 saturated heterocycles. The lowest BCUT2D eigenvalue weighted by molar-refractivity contribution is -0.157. The second-order valence-corrected chi connectivity index (χ2v) is 3.54. The predicted molar refractivity (Wildman–Crippen MR) is 44.1 cm³/mol. The van der Waals surface area contributed by atoms with Crippen molar-refractivity contribution in [1.29, 1.82) is 0 Å². The summed E-state index contributed by atoms with van der Waals surface area (Å²) in [6.07, 6.45) is -0.0617. The molecule has 0 rings (SSSR count). The van der Waals surface area contributed by atoms with E-state index in [-0.39, 0.29) is 12.1 Å². The van der Waals surface area contributed by atoms with Crippen LogP contribution in [0.3, 0.4) is 0 Å². The lowest BCUT2D eigenvalue weighted by Crippen LogP contribution is -2.35. The largest absolute Gasteiger partial charge is 0.463 e. The Hall–Kier alpha value is -0.570. The van der Waals surface area contributed by atoms with E-state index in [2.05, 4.69) is 0 Å². The molecule has 0 spiro atoms. The summed E-state index contributed by atoms with van der Waals surface area (Å²) in [5.74, 6) is -0.227. The normalized spacial score (nSPS) is 11.8. The SMILES string of the molecule is CC(C)OC(=O)C(C)(C)CN. The van der Waals surface area contributed by atoms with Crippen LogP contribution in [0.5, 0.6) is 0 Å². The maximum atomic E-state index is 11.2. The summed E-state index contributed by atoms with van der Waals surface area (Å²) in [4.78, 5) is 11.2. The van der Waals surface area contributed by atoms with E-state index in [1.807, 2.05) is 13.8 Å². The van der Waals surface area contributed by atoms with E-state index in [9.17, 15) is 4.79 Å². The lowest BCUT2D eigenvalue weighted by atomic mass is 9.94. The molecule has 0 aliphatic rings. The standard InChI is InChI=1S/C8H17NO2/c1-6(2)11-7(10)8(3,4)5-9/h6H,5,9H2,1-4H3. The van der Waals surface area contributed by atoms with Crippen molar-refractivity contribution in [2.45, 2.75) is 33.8 Å². The molecule has 0 aliphatic heterocycles. The van der Waals surface area contributed by atoms with Gasteiger partial charge in [0, 0.05) is 6.54 Å². The zero-order valence-electron chi connectivity index (χ0n) is 7.68. The van der Waals surface area contributed by atoms with Gasteiger partial charge in [0.15, 0.2) is 0 Å². The van der Waals surface area contributed by atoms with Crippen LogP contribution >= 0.6 is 0 Å². The Balaban J connectivity index is 4.02. The molecule has 0 saturated carbocycles. The van der Waals surface area contributed by atoms with Crippen molar-refractivity contribution in [3.63, 3.8) is 0 Å². The molecule has 0 aromatic rings. The number of hydrogen-bond donors (Lipinski definition) is 1. The third-order valence-electron chi connectivity index (χ3n) is 1.41. The number of carbonyl (C=O) groups excluding carboxylic acids is 1. The van der Waals surface area contributed by atoms with Gasteiger partial charge in [-0.1, -0.05) is 0 Å². The molecule has 0 bridgehead atoms. The van der Waals surface area contributed by atoms with E-state index in [0.29, 0.717) is 6.54 Å². The molecule has 0 amide bonds. The number of rotatable bonds is 3. The second-order valence-electron chi connectivity index (χ2n) is 3.54. The first kappa shape index (κ1) is 10.4. The van der Waals surface area contributed by atoms with E-state index in [0.717, 1.165) is 0 Å². The fraction of sp³-hybridized carbons (Fsp3) is 0.875. The Morgan fingerprint density at radius 1 is 1.55 bits per heavy atom. The third-order valence-corrected chi connectivity index (χ3v) is 1.41. The molecule has 0 fully saturated rings. The number of nitrogens with two attached hydrogens (primary N) is 1. The van der Waals surface area contributed by atoms with Gasteiger partial charge in [-0.15, -0.1) is 0 Å². The van der Waals surface area contributed by atoms with Gasteiger partial charge in [0.05, 0.1) is 11.5 Å². The van der Waals surface area contributed by atoms with Crippen molar-refractivity contribution in [2.75, 3.05) is 6.54 Å². The highest BCUT2D eigenvalue weighted by Gasteiger charge is 2.27. The Morgan fingerprint density at radius 2 is 2.00 bits per heavy atom. The first-order valence-electron chi connectivity index (χ1n) is 3.81. The van der Waals surface area contributed by atoms with Gasteiger partial charge in [-0.05, 0) is 27.7 Å². The molecule has 66 valence electrons. The quantitative estimate of drug-likeness (QED) is 0.623. The minimum absolute atomic E-state index is 0.0617. The molecule has 0 radical (unpaired) electrons. The van der Waals surface area contributed by atoms with Gasteiger partial charge in [-0.2, -0.15) is 0 Å². The van der Waals surface area contributed by atoms with Crippen LogP contribution in [-0.2, 0) is 9.53 Å². The molecule has 0 aromatic carbocycles. The Kier molecular flexibility index (Phi) is 3.52. The molecule has 0 aromatic heterocycles. The molecule has 0 atom stereocenters. The Bertz CT molecular complexity index is 141. The topological polar surface area (TPSA) is 52.3 Å². The van der Waals surface area contributed by atoms with Crippen LogP contribution in [0.4, 0.5) is 0 Å². The third kappa shape index (κ3) is 3.37. The minimum atomic E-state index is -0.551. The highest BCUT2D eigenvalue weighted by molar-refractivity contribution is 5.76. The summed E-state index contributed by atoms with van der Waals surface area (Å²) in [7, 11) is 0. The van der Waals surface area contributed by atoms with Crippen LogP contribution in [0.1, 0.15) is 27.7 Å². The van der Waals surface area contributed by atoms with Gasteiger partial charge in [0.1, 0.15) is 0 Å². The molecule has 0 unspecified atom stereocenters. The molecule has 2 N–H and O–H groups in total. The van der Waals surface area contributed by atoms with Crippen molar-refractivity contribution in [3.05, 3.63) is 0 Å². The molecule has 0 aliphatic carbocycles. The molecule has 11 heavy (non-hydrogen) atoms. The van der Waals surface area contributed by atoms with Crippen LogP contribution in [0.2, 0.25) is 0 Å². The van der Waals surface area contributed by atoms with Gasteiger partial charge in [0.2, 0.25) is 0 Å². The number of carbonyl (C=O) groups is 1. The van der Waals surface area contributed by atoms with E-state index < -0.39 is 5.41 Å². The zero-order valence-corrected chi connectivity index (χ0v) is 7.68. The maximum absolute atomic E-state index is 11.2. The van der Waals surface area contributed by atoms with Gasteiger partial charge in [0.25, 0.3) is 0 Å². The van der Waals surface area contributed by atoms with Crippen LogP contribution < -0.4 is 5.73 Å². The monoisotopic (exact) mass is 159 g/mol. The van der Waals surface area contributed by atoms with Crippen LogP contribution in [0.25, 0.3) is 0 Å². The van der Waals surface area contributed by atoms with Crippen molar-refractivity contribution in [1.82, 2.24) is 0 Å². The Morgan fingerprint density at radius 3 is 2.27 bits per heavy atom. The van der Waals surface area contributed by atoms with Gasteiger partial charge in [-0.25, -0.2) is 0 Å². The summed E-state index contributed by atoms with van der Waals surface area (Å²) >= 11 is 0. The zero-order chi connectivity index (χ0) is 9.07. The lowest BCUT2D eigenvalue weighted by Gasteiger charge is -2.21. The van der Waals surface area contributed by atoms with E-state index >= 15 is 0 Å². The number of esters is 1. The molecule has 0 heterocycles. The van der Waals surface area contributed by atoms with Crippen LogP contribution in [-0.4, -0.2) is 18.6 Å². The van der Waals surface area contributed by atoms with E-state index in [4.69, 9.17) is 10.5 Å². The van der Waals surface area contributed by atoms with Crippen LogP contribution in [0.15, 0.2) is 0 Å². The molecule has 3 nitrogen and oxygen atoms in total. The van der Waals surface area contributed by atoms with Gasteiger partial charge < -0.3 is 10.5 Å². The summed E-state index contributed by atoms with van der Waals surface area (Å²) in [5.41, 5.74) is 4.83. The van der Waals surface area contributed by atoms with Crippen LogP contribution in [0, 0.1) is 5.41 Å². The molecular weight excluding hydrogens is 142 g/mol. The summed E-state index contributed by atoms with van der Waals surface area (Å²) in [6.45, 7) is 7.52. The average Bonchev–Trinajstić information content (AvgIpc) is 1.86. The van der Waals surface area contributed by atoms with Crippen molar-refractivity contribution >= 4 is 5.97 Å². The molecule has 3 heteroatoms. The number of hydrogen-bond acceptors (Lipinski definition) is 3.